The highest BCUT2D eigenvalue weighted by molar-refractivity contribution is 6.16. The van der Waals surface area contributed by atoms with Gasteiger partial charge in [-0.05, 0) is 48.9 Å². The van der Waals surface area contributed by atoms with Crippen molar-refractivity contribution in [2.75, 3.05) is 37.4 Å². The van der Waals surface area contributed by atoms with Gasteiger partial charge in [0.05, 0.1) is 11.7 Å². The minimum Gasteiger partial charge on any atom is -0.465 e. The molecule has 4 rings (SSSR count). The molecule has 3 aromatic rings. The Hall–Kier alpha value is -4.14. The number of pyridine rings is 1. The number of rotatable bonds is 6. The molecule has 3 amide bonds. The molecule has 1 saturated heterocycles. The number of fused-ring (bicyclic) bond motifs is 1. The maximum absolute atomic E-state index is 13.3. The van der Waals surface area contributed by atoms with E-state index in [1.54, 1.807) is 18.2 Å². The van der Waals surface area contributed by atoms with Crippen LogP contribution < -0.4 is 15.5 Å². The molecule has 9 heteroatoms. The van der Waals surface area contributed by atoms with Crippen LogP contribution in [0.5, 0.6) is 0 Å². The van der Waals surface area contributed by atoms with E-state index in [9.17, 15) is 19.5 Å². The summed E-state index contributed by atoms with van der Waals surface area (Å²) < 4.78 is 0. The fraction of sp³-hybridized carbons (Fsp3) is 0.308. The van der Waals surface area contributed by atoms with Gasteiger partial charge in [0.1, 0.15) is 0 Å². The van der Waals surface area contributed by atoms with Crippen molar-refractivity contribution >= 4 is 40.1 Å². The van der Waals surface area contributed by atoms with Crippen LogP contribution in [0, 0.1) is 0 Å². The lowest BCUT2D eigenvalue weighted by Gasteiger charge is -2.33. The van der Waals surface area contributed by atoms with E-state index in [0.29, 0.717) is 18.5 Å². The van der Waals surface area contributed by atoms with E-state index < -0.39 is 12.0 Å². The van der Waals surface area contributed by atoms with Crippen molar-refractivity contribution in [3.8, 4) is 0 Å². The molecule has 1 aliphatic heterocycles. The summed E-state index contributed by atoms with van der Waals surface area (Å²) in [5.41, 5.74) is 1.85. The Morgan fingerprint density at radius 3 is 2.54 bits per heavy atom. The zero-order chi connectivity index (χ0) is 24.9. The van der Waals surface area contributed by atoms with Crippen molar-refractivity contribution in [1.82, 2.24) is 15.2 Å². The number of carbonyl (C=O) groups excluding carboxylic acids is 2. The first-order valence-electron chi connectivity index (χ1n) is 11.6. The van der Waals surface area contributed by atoms with Crippen LogP contribution in [0.1, 0.15) is 40.1 Å². The summed E-state index contributed by atoms with van der Waals surface area (Å²) in [6, 6.07) is 14.3. The van der Waals surface area contributed by atoms with Gasteiger partial charge in [-0.2, -0.15) is 0 Å². The first-order chi connectivity index (χ1) is 16.9. The van der Waals surface area contributed by atoms with Crippen molar-refractivity contribution in [3.05, 3.63) is 66.0 Å². The number of hydrogen-bond donors (Lipinski definition) is 3. The number of nitrogens with zero attached hydrogens (tertiary/aromatic N) is 3. The summed E-state index contributed by atoms with van der Waals surface area (Å²) in [6.07, 6.45) is 2.92. The molecule has 3 N–H and O–H groups in total. The van der Waals surface area contributed by atoms with Gasteiger partial charge in [0.25, 0.3) is 11.8 Å². The molecule has 1 fully saturated rings. The van der Waals surface area contributed by atoms with Crippen LogP contribution in [0.2, 0.25) is 0 Å². The molecule has 0 spiro atoms. The summed E-state index contributed by atoms with van der Waals surface area (Å²) in [4.78, 5) is 45.2. The molecule has 0 saturated carbocycles. The van der Waals surface area contributed by atoms with Crippen LogP contribution in [0.4, 0.5) is 16.2 Å². The highest BCUT2D eigenvalue weighted by atomic mass is 16.4. The monoisotopic (exact) mass is 475 g/mol. The number of amides is 3. The maximum Gasteiger partial charge on any atom is 0.407 e. The van der Waals surface area contributed by atoms with Gasteiger partial charge in [-0.15, -0.1) is 0 Å². The second-order valence-electron chi connectivity index (χ2n) is 8.76. The third-order valence-electron chi connectivity index (χ3n) is 6.27. The second kappa shape index (κ2) is 10.4. The summed E-state index contributed by atoms with van der Waals surface area (Å²) in [6.45, 7) is 0.646. The van der Waals surface area contributed by atoms with Crippen molar-refractivity contribution in [2.45, 2.75) is 25.3 Å². The van der Waals surface area contributed by atoms with Crippen LogP contribution in [0.3, 0.4) is 0 Å². The van der Waals surface area contributed by atoms with Crippen LogP contribution >= 0.6 is 0 Å². The number of anilines is 2. The molecule has 1 aromatic heterocycles. The molecular weight excluding hydrogens is 446 g/mol. The van der Waals surface area contributed by atoms with Gasteiger partial charge in [-0.1, -0.05) is 24.3 Å². The lowest BCUT2D eigenvalue weighted by atomic mass is 10.0. The third kappa shape index (κ3) is 5.18. The zero-order valence-corrected chi connectivity index (χ0v) is 19.8. The Balaban J connectivity index is 1.53. The lowest BCUT2D eigenvalue weighted by Crippen LogP contribution is -2.49. The van der Waals surface area contributed by atoms with Gasteiger partial charge in [-0.3, -0.25) is 9.59 Å². The Kier molecular flexibility index (Phi) is 7.14. The van der Waals surface area contributed by atoms with Crippen LogP contribution in [-0.4, -0.2) is 66.1 Å². The number of likely N-dealkylation sites (tertiary alicyclic amines) is 1. The van der Waals surface area contributed by atoms with E-state index in [1.807, 2.05) is 49.3 Å². The number of hydrogen-bond acceptors (Lipinski definition) is 5. The van der Waals surface area contributed by atoms with E-state index in [1.165, 1.54) is 11.1 Å². The number of benzene rings is 2. The Morgan fingerprint density at radius 1 is 1.03 bits per heavy atom. The normalized spacial score (nSPS) is 15.5. The molecule has 182 valence electrons. The SMILES string of the molecule is CN(C)c1ccc(C(=O)Nc2cccnc2C(=O)NCC2CCCCN2C(=O)O)c2ccccc12. The average Bonchev–Trinajstić information content (AvgIpc) is 2.86. The Bertz CT molecular complexity index is 1260. The maximum atomic E-state index is 13.3. The van der Waals surface area contributed by atoms with E-state index in [0.717, 1.165) is 29.3 Å². The molecule has 9 nitrogen and oxygen atoms in total. The van der Waals surface area contributed by atoms with Gasteiger partial charge < -0.3 is 25.5 Å². The molecule has 2 heterocycles. The van der Waals surface area contributed by atoms with Gasteiger partial charge >= 0.3 is 6.09 Å². The molecule has 0 radical (unpaired) electrons. The molecule has 2 aromatic carbocycles. The topological polar surface area (TPSA) is 115 Å². The molecule has 1 aliphatic rings. The van der Waals surface area contributed by atoms with E-state index in [2.05, 4.69) is 15.6 Å². The predicted molar refractivity (Wildman–Crippen MR) is 135 cm³/mol. The first-order valence-corrected chi connectivity index (χ1v) is 11.6. The Labute approximate surface area is 203 Å². The van der Waals surface area contributed by atoms with Gasteiger partial charge in [0, 0.05) is 50.0 Å². The number of piperidine rings is 1. The van der Waals surface area contributed by atoms with E-state index in [-0.39, 0.29) is 29.9 Å². The van der Waals surface area contributed by atoms with E-state index in [4.69, 9.17) is 0 Å². The second-order valence-corrected chi connectivity index (χ2v) is 8.76. The Morgan fingerprint density at radius 2 is 1.80 bits per heavy atom. The summed E-state index contributed by atoms with van der Waals surface area (Å²) in [7, 11) is 3.90. The van der Waals surface area contributed by atoms with Gasteiger partial charge in [0.15, 0.2) is 5.69 Å². The van der Waals surface area contributed by atoms with Gasteiger partial charge in [-0.25, -0.2) is 9.78 Å². The molecule has 0 bridgehead atoms. The fourth-order valence-corrected chi connectivity index (χ4v) is 4.51. The highest BCUT2D eigenvalue weighted by Gasteiger charge is 2.27. The minimum atomic E-state index is -0.984. The smallest absolute Gasteiger partial charge is 0.407 e. The largest absolute Gasteiger partial charge is 0.465 e. The molecule has 1 unspecified atom stereocenters. The predicted octanol–water partition coefficient (Wildman–Crippen LogP) is 3.82. The van der Waals surface area contributed by atoms with Crippen molar-refractivity contribution in [3.63, 3.8) is 0 Å². The molecular formula is C26H29N5O4. The third-order valence-corrected chi connectivity index (χ3v) is 6.27. The summed E-state index contributed by atoms with van der Waals surface area (Å²) in [5.74, 6) is -0.817. The summed E-state index contributed by atoms with van der Waals surface area (Å²) in [5, 5.41) is 16.8. The lowest BCUT2D eigenvalue weighted by molar-refractivity contribution is 0.0879. The summed E-state index contributed by atoms with van der Waals surface area (Å²) >= 11 is 0. The molecule has 0 aliphatic carbocycles. The fourth-order valence-electron chi connectivity index (χ4n) is 4.51. The van der Waals surface area contributed by atoms with Crippen LogP contribution in [-0.2, 0) is 0 Å². The highest BCUT2D eigenvalue weighted by Crippen LogP contribution is 2.29. The van der Waals surface area contributed by atoms with Crippen LogP contribution in [0.25, 0.3) is 10.8 Å². The van der Waals surface area contributed by atoms with Crippen molar-refractivity contribution in [1.29, 1.82) is 0 Å². The molecule has 35 heavy (non-hydrogen) atoms. The van der Waals surface area contributed by atoms with Crippen molar-refractivity contribution in [2.24, 2.45) is 0 Å². The minimum absolute atomic E-state index is 0.0766. The number of nitrogens with one attached hydrogen (secondary N) is 2. The quantitative estimate of drug-likeness (QED) is 0.499. The average molecular weight is 476 g/mol. The van der Waals surface area contributed by atoms with Crippen LogP contribution in [0.15, 0.2) is 54.7 Å². The zero-order valence-electron chi connectivity index (χ0n) is 19.8. The van der Waals surface area contributed by atoms with E-state index >= 15 is 0 Å². The number of carboxylic acid groups (broad SMARTS) is 1. The standard InChI is InChI=1S/C26H29N5O4/c1-30(2)22-13-12-20(18-9-3-4-10-19(18)22)24(32)29-21-11-7-14-27-23(21)25(33)28-16-17-8-5-6-15-31(17)26(34)35/h3-4,7,9-14,17H,5-6,8,15-16H2,1-2H3,(H,28,33)(H,29,32)(H,34,35). The number of aromatic nitrogens is 1. The molecule has 1 atom stereocenters. The van der Waals surface area contributed by atoms with Crippen molar-refractivity contribution < 1.29 is 19.5 Å². The number of carbonyl (C=O) groups is 3. The first kappa shape index (κ1) is 24.0. The van der Waals surface area contributed by atoms with Gasteiger partial charge in [0.2, 0.25) is 0 Å².